The van der Waals surface area contributed by atoms with E-state index in [-0.39, 0.29) is 0 Å². The van der Waals surface area contributed by atoms with Gasteiger partial charge in [-0.15, -0.1) is 0 Å². The molecule has 1 heterocycles. The smallest absolute Gasteiger partial charge is 0.142 e. The van der Waals surface area contributed by atoms with Gasteiger partial charge < -0.3 is 14.5 Å². The monoisotopic (exact) mass is 285 g/mol. The number of rotatable bonds is 6. The standard InChI is InChI=1S/C18H23NO2/c1-4-20-18-9-12(2)5-7-16(18)19-11-14-6-8-17(21-14)15-10-13(15)3/h5-9,13,15,19H,4,10-11H2,1-3H3. The molecule has 2 aromatic rings. The lowest BCUT2D eigenvalue weighted by molar-refractivity contribution is 0.341. The van der Waals surface area contributed by atoms with Crippen LogP contribution in [-0.2, 0) is 6.54 Å². The van der Waals surface area contributed by atoms with E-state index in [2.05, 4.69) is 49.5 Å². The summed E-state index contributed by atoms with van der Waals surface area (Å²) in [6.45, 7) is 7.70. The fraction of sp³-hybridized carbons (Fsp3) is 0.444. The third-order valence-corrected chi connectivity index (χ3v) is 4.05. The summed E-state index contributed by atoms with van der Waals surface area (Å²) in [5.74, 6) is 4.43. The Hall–Kier alpha value is -1.90. The molecule has 3 heteroatoms. The molecular weight excluding hydrogens is 262 g/mol. The van der Waals surface area contributed by atoms with Gasteiger partial charge in [0.15, 0.2) is 0 Å². The molecule has 3 rings (SSSR count). The van der Waals surface area contributed by atoms with Crippen molar-refractivity contribution in [2.24, 2.45) is 5.92 Å². The van der Waals surface area contributed by atoms with Gasteiger partial charge in [0.1, 0.15) is 17.3 Å². The lowest BCUT2D eigenvalue weighted by atomic mass is 10.2. The predicted molar refractivity (Wildman–Crippen MR) is 84.9 cm³/mol. The average Bonchev–Trinajstić information content (AvgIpc) is 3.00. The quantitative estimate of drug-likeness (QED) is 0.833. The number of nitrogens with one attached hydrogen (secondary N) is 1. The molecule has 0 amide bonds. The highest BCUT2D eigenvalue weighted by Gasteiger charge is 2.36. The summed E-state index contributed by atoms with van der Waals surface area (Å²) < 4.78 is 11.6. The molecule has 1 aliphatic rings. The topological polar surface area (TPSA) is 34.4 Å². The zero-order valence-corrected chi connectivity index (χ0v) is 13.0. The summed E-state index contributed by atoms with van der Waals surface area (Å²) in [5, 5.41) is 3.41. The Morgan fingerprint density at radius 3 is 2.81 bits per heavy atom. The van der Waals surface area contributed by atoms with Crippen LogP contribution < -0.4 is 10.1 Å². The minimum Gasteiger partial charge on any atom is -0.492 e. The van der Waals surface area contributed by atoms with E-state index in [1.54, 1.807) is 0 Å². The molecule has 21 heavy (non-hydrogen) atoms. The van der Waals surface area contributed by atoms with E-state index >= 15 is 0 Å². The van der Waals surface area contributed by atoms with E-state index in [0.29, 0.717) is 19.1 Å². The number of benzene rings is 1. The number of hydrogen-bond acceptors (Lipinski definition) is 3. The third kappa shape index (κ3) is 3.23. The van der Waals surface area contributed by atoms with Crippen LogP contribution in [0.25, 0.3) is 0 Å². The minimum absolute atomic E-state index is 0.636. The second kappa shape index (κ2) is 5.84. The summed E-state index contributed by atoms with van der Waals surface area (Å²) >= 11 is 0. The van der Waals surface area contributed by atoms with Crippen LogP contribution in [0.4, 0.5) is 5.69 Å². The van der Waals surface area contributed by atoms with E-state index < -0.39 is 0 Å². The van der Waals surface area contributed by atoms with Crippen molar-refractivity contribution in [2.45, 2.75) is 39.7 Å². The van der Waals surface area contributed by atoms with Gasteiger partial charge in [-0.25, -0.2) is 0 Å². The van der Waals surface area contributed by atoms with E-state index in [0.717, 1.165) is 28.9 Å². The lowest BCUT2D eigenvalue weighted by Gasteiger charge is -2.12. The van der Waals surface area contributed by atoms with E-state index in [1.807, 2.05) is 6.92 Å². The molecule has 0 bridgehead atoms. The number of hydrogen-bond donors (Lipinski definition) is 1. The van der Waals surface area contributed by atoms with Crippen molar-refractivity contribution in [2.75, 3.05) is 11.9 Å². The molecule has 0 radical (unpaired) electrons. The highest BCUT2D eigenvalue weighted by Crippen LogP contribution is 2.47. The molecule has 1 fully saturated rings. The van der Waals surface area contributed by atoms with Crippen LogP contribution in [0.15, 0.2) is 34.7 Å². The van der Waals surface area contributed by atoms with Gasteiger partial charge in [-0.05, 0) is 56.0 Å². The molecule has 0 aliphatic heterocycles. The van der Waals surface area contributed by atoms with Crippen molar-refractivity contribution in [3.8, 4) is 5.75 Å². The van der Waals surface area contributed by atoms with Gasteiger partial charge in [-0.1, -0.05) is 13.0 Å². The molecule has 1 N–H and O–H groups in total. The number of ether oxygens (including phenoxy) is 1. The maximum Gasteiger partial charge on any atom is 0.142 e. The molecular formula is C18H23NO2. The van der Waals surface area contributed by atoms with Crippen molar-refractivity contribution >= 4 is 5.69 Å². The highest BCUT2D eigenvalue weighted by molar-refractivity contribution is 5.57. The molecule has 2 atom stereocenters. The Labute approximate surface area is 126 Å². The van der Waals surface area contributed by atoms with Crippen molar-refractivity contribution < 1.29 is 9.15 Å². The molecule has 1 aromatic heterocycles. The summed E-state index contributed by atoms with van der Waals surface area (Å²) in [6, 6.07) is 10.4. The van der Waals surface area contributed by atoms with E-state index in [1.165, 1.54) is 12.0 Å². The van der Waals surface area contributed by atoms with Gasteiger partial charge in [0.2, 0.25) is 0 Å². The average molecular weight is 285 g/mol. The molecule has 1 aromatic carbocycles. The second-order valence-electron chi connectivity index (χ2n) is 5.91. The zero-order valence-electron chi connectivity index (χ0n) is 13.0. The number of furan rings is 1. The first kappa shape index (κ1) is 14.1. The molecule has 3 nitrogen and oxygen atoms in total. The fourth-order valence-electron chi connectivity index (χ4n) is 2.64. The van der Waals surface area contributed by atoms with Gasteiger partial charge in [0.05, 0.1) is 18.8 Å². The van der Waals surface area contributed by atoms with Gasteiger partial charge >= 0.3 is 0 Å². The van der Waals surface area contributed by atoms with Crippen LogP contribution in [0.3, 0.4) is 0 Å². The van der Waals surface area contributed by atoms with Crippen LogP contribution >= 0.6 is 0 Å². The highest BCUT2D eigenvalue weighted by atomic mass is 16.5. The maximum absolute atomic E-state index is 5.92. The lowest BCUT2D eigenvalue weighted by Crippen LogP contribution is -2.02. The van der Waals surface area contributed by atoms with Gasteiger partial charge in [0.25, 0.3) is 0 Å². The van der Waals surface area contributed by atoms with Gasteiger partial charge in [0, 0.05) is 5.92 Å². The van der Waals surface area contributed by atoms with Crippen LogP contribution in [0, 0.1) is 12.8 Å². The number of aryl methyl sites for hydroxylation is 1. The Kier molecular flexibility index (Phi) is 3.91. The first-order valence-electron chi connectivity index (χ1n) is 7.73. The first-order chi connectivity index (χ1) is 10.2. The van der Waals surface area contributed by atoms with Crippen LogP contribution in [0.2, 0.25) is 0 Å². The van der Waals surface area contributed by atoms with E-state index in [9.17, 15) is 0 Å². The Balaban J connectivity index is 1.65. The van der Waals surface area contributed by atoms with Crippen LogP contribution in [0.1, 0.15) is 43.3 Å². The second-order valence-corrected chi connectivity index (χ2v) is 5.91. The molecule has 2 unspecified atom stereocenters. The zero-order chi connectivity index (χ0) is 14.8. The Morgan fingerprint density at radius 2 is 2.10 bits per heavy atom. The summed E-state index contributed by atoms with van der Waals surface area (Å²) in [6.07, 6.45) is 1.26. The number of anilines is 1. The molecule has 1 saturated carbocycles. The summed E-state index contributed by atoms with van der Waals surface area (Å²) in [5.41, 5.74) is 2.21. The van der Waals surface area contributed by atoms with Crippen LogP contribution in [-0.4, -0.2) is 6.61 Å². The first-order valence-corrected chi connectivity index (χ1v) is 7.73. The SMILES string of the molecule is CCOc1cc(C)ccc1NCc1ccc(C2CC2C)o1. The van der Waals surface area contributed by atoms with Gasteiger partial charge in [-0.3, -0.25) is 0 Å². The molecule has 0 saturated heterocycles. The predicted octanol–water partition coefficient (Wildman–Crippen LogP) is 4.72. The van der Waals surface area contributed by atoms with Crippen molar-refractivity contribution in [3.05, 3.63) is 47.4 Å². The summed E-state index contributed by atoms with van der Waals surface area (Å²) in [4.78, 5) is 0. The third-order valence-electron chi connectivity index (χ3n) is 4.05. The van der Waals surface area contributed by atoms with Crippen molar-refractivity contribution in [3.63, 3.8) is 0 Å². The molecule has 1 aliphatic carbocycles. The molecule has 112 valence electrons. The Morgan fingerprint density at radius 1 is 1.29 bits per heavy atom. The van der Waals surface area contributed by atoms with Crippen molar-refractivity contribution in [1.29, 1.82) is 0 Å². The van der Waals surface area contributed by atoms with E-state index in [4.69, 9.17) is 9.15 Å². The minimum atomic E-state index is 0.636. The van der Waals surface area contributed by atoms with Crippen molar-refractivity contribution in [1.82, 2.24) is 0 Å². The normalized spacial score (nSPS) is 20.3. The maximum atomic E-state index is 5.92. The fourth-order valence-corrected chi connectivity index (χ4v) is 2.64. The largest absolute Gasteiger partial charge is 0.492 e. The summed E-state index contributed by atoms with van der Waals surface area (Å²) in [7, 11) is 0. The molecule has 0 spiro atoms. The van der Waals surface area contributed by atoms with Gasteiger partial charge in [-0.2, -0.15) is 0 Å². The van der Waals surface area contributed by atoms with Crippen LogP contribution in [0.5, 0.6) is 5.75 Å². The Bertz CT molecular complexity index is 617.